The Balaban J connectivity index is 1.30. The van der Waals surface area contributed by atoms with Gasteiger partial charge in [-0.2, -0.15) is 0 Å². The molecule has 3 aliphatic rings. The maximum atomic E-state index is 12.7. The number of hydrogen-bond donors (Lipinski definition) is 0. The van der Waals surface area contributed by atoms with Crippen LogP contribution in [0.4, 0.5) is 0 Å². The van der Waals surface area contributed by atoms with Gasteiger partial charge < -0.3 is 14.5 Å². The Bertz CT molecular complexity index is 915. The molecular weight excluding hydrogens is 384 g/mol. The second-order valence-corrected chi connectivity index (χ2v) is 9.34. The second-order valence-electron chi connectivity index (χ2n) is 8.21. The molecule has 29 heavy (non-hydrogen) atoms. The lowest BCUT2D eigenvalue weighted by atomic mass is 9.82. The molecule has 1 spiro atoms. The zero-order chi connectivity index (χ0) is 19.8. The first kappa shape index (κ1) is 18.8. The van der Waals surface area contributed by atoms with Gasteiger partial charge in [-0.25, -0.2) is 0 Å². The minimum atomic E-state index is -0.267. The number of carbonyl (C=O) groups is 2. The molecule has 2 aromatic rings. The summed E-state index contributed by atoms with van der Waals surface area (Å²) in [7, 11) is 0. The summed E-state index contributed by atoms with van der Waals surface area (Å²) in [4.78, 5) is 30.9. The minimum absolute atomic E-state index is 0.0708. The summed E-state index contributed by atoms with van der Waals surface area (Å²) >= 11 is 1.88. The molecule has 2 fully saturated rings. The van der Waals surface area contributed by atoms with Crippen LogP contribution < -0.4 is 0 Å². The third kappa shape index (κ3) is 3.49. The number of thiophene rings is 1. The predicted octanol–water partition coefficient (Wildman–Crippen LogP) is 3.43. The molecule has 0 saturated carbocycles. The van der Waals surface area contributed by atoms with Gasteiger partial charge in [-0.05, 0) is 36.5 Å². The summed E-state index contributed by atoms with van der Waals surface area (Å²) in [6.45, 7) is 3.08. The molecule has 5 rings (SSSR count). The van der Waals surface area contributed by atoms with Crippen molar-refractivity contribution in [1.29, 1.82) is 0 Å². The molecule has 1 aromatic heterocycles. The Labute approximate surface area is 175 Å². The highest BCUT2D eigenvalue weighted by Gasteiger charge is 2.43. The Kier molecular flexibility index (Phi) is 4.92. The fourth-order valence-electron chi connectivity index (χ4n) is 4.83. The summed E-state index contributed by atoms with van der Waals surface area (Å²) in [5.74, 6) is 0.181. The lowest BCUT2D eigenvalue weighted by Crippen LogP contribution is -2.50. The van der Waals surface area contributed by atoms with E-state index in [1.807, 2.05) is 22.3 Å². The first-order valence-electron chi connectivity index (χ1n) is 10.5. The molecule has 1 aromatic carbocycles. The van der Waals surface area contributed by atoms with E-state index in [0.29, 0.717) is 26.1 Å². The number of piperidine rings is 1. The number of amides is 2. The first-order valence-corrected chi connectivity index (χ1v) is 11.3. The van der Waals surface area contributed by atoms with Crippen molar-refractivity contribution in [3.05, 3.63) is 46.8 Å². The van der Waals surface area contributed by atoms with Gasteiger partial charge in [0.2, 0.25) is 11.8 Å². The van der Waals surface area contributed by atoms with E-state index < -0.39 is 0 Å². The largest absolute Gasteiger partial charge is 0.370 e. The Hall–Kier alpha value is -2.18. The molecule has 0 aliphatic carbocycles. The van der Waals surface area contributed by atoms with Crippen molar-refractivity contribution in [2.45, 2.75) is 37.7 Å². The second kappa shape index (κ2) is 7.58. The zero-order valence-corrected chi connectivity index (χ0v) is 17.4. The standard InChI is InChI=1S/C23H26N2O3S/c26-21-7-4-11-25(21)16-22(27)24-12-9-23(10-13-24)18-15-20(17-5-2-1-3-6-17)29-19(18)8-14-28-23/h1-3,5-6,15H,4,7-14,16H2. The molecule has 3 aliphatic heterocycles. The fraction of sp³-hybridized carbons (Fsp3) is 0.478. The molecule has 2 amide bonds. The van der Waals surface area contributed by atoms with Crippen molar-refractivity contribution >= 4 is 23.2 Å². The average molecular weight is 411 g/mol. The number of nitrogens with zero attached hydrogens (tertiary/aromatic N) is 2. The van der Waals surface area contributed by atoms with Gasteiger partial charge >= 0.3 is 0 Å². The van der Waals surface area contributed by atoms with Crippen LogP contribution in [0.5, 0.6) is 0 Å². The number of carbonyl (C=O) groups excluding carboxylic acids is 2. The van der Waals surface area contributed by atoms with Gasteiger partial charge in [-0.1, -0.05) is 30.3 Å². The maximum Gasteiger partial charge on any atom is 0.242 e. The molecule has 0 bridgehead atoms. The van der Waals surface area contributed by atoms with Gasteiger partial charge in [0, 0.05) is 42.2 Å². The van der Waals surface area contributed by atoms with Crippen LogP contribution in [0, 0.1) is 0 Å². The fourth-order valence-corrected chi connectivity index (χ4v) is 6.06. The van der Waals surface area contributed by atoms with E-state index in [1.54, 1.807) is 4.90 Å². The zero-order valence-electron chi connectivity index (χ0n) is 16.6. The number of hydrogen-bond acceptors (Lipinski definition) is 4. The Morgan fingerprint density at radius 3 is 2.62 bits per heavy atom. The van der Waals surface area contributed by atoms with Crippen molar-refractivity contribution in [2.75, 3.05) is 32.8 Å². The van der Waals surface area contributed by atoms with E-state index >= 15 is 0 Å². The lowest BCUT2D eigenvalue weighted by molar-refractivity contribution is -0.144. The van der Waals surface area contributed by atoms with Gasteiger partial charge in [0.1, 0.15) is 0 Å². The van der Waals surface area contributed by atoms with E-state index in [0.717, 1.165) is 32.3 Å². The maximum absolute atomic E-state index is 12.7. The molecule has 0 radical (unpaired) electrons. The van der Waals surface area contributed by atoms with Crippen molar-refractivity contribution < 1.29 is 14.3 Å². The topological polar surface area (TPSA) is 49.9 Å². The van der Waals surface area contributed by atoms with E-state index in [-0.39, 0.29) is 24.0 Å². The van der Waals surface area contributed by atoms with Gasteiger partial charge in [-0.15, -0.1) is 11.3 Å². The van der Waals surface area contributed by atoms with E-state index in [9.17, 15) is 9.59 Å². The minimum Gasteiger partial charge on any atom is -0.370 e. The number of ether oxygens (including phenoxy) is 1. The summed E-state index contributed by atoms with van der Waals surface area (Å²) in [6.07, 6.45) is 4.06. The average Bonchev–Trinajstić information content (AvgIpc) is 3.37. The van der Waals surface area contributed by atoms with Crippen molar-refractivity contribution in [3.8, 4) is 10.4 Å². The molecule has 152 valence electrons. The van der Waals surface area contributed by atoms with Crippen LogP contribution in [-0.2, 0) is 26.3 Å². The molecule has 4 heterocycles. The van der Waals surface area contributed by atoms with Gasteiger partial charge in [0.15, 0.2) is 0 Å². The molecule has 0 atom stereocenters. The van der Waals surface area contributed by atoms with E-state index in [4.69, 9.17) is 4.74 Å². The summed E-state index contributed by atoms with van der Waals surface area (Å²) in [5, 5.41) is 0. The Morgan fingerprint density at radius 1 is 1.10 bits per heavy atom. The van der Waals surface area contributed by atoms with Crippen molar-refractivity contribution in [2.24, 2.45) is 0 Å². The highest BCUT2D eigenvalue weighted by atomic mass is 32.1. The Morgan fingerprint density at radius 2 is 1.90 bits per heavy atom. The van der Waals surface area contributed by atoms with Crippen molar-refractivity contribution in [1.82, 2.24) is 9.80 Å². The molecule has 6 heteroatoms. The van der Waals surface area contributed by atoms with Crippen LogP contribution in [0.15, 0.2) is 36.4 Å². The van der Waals surface area contributed by atoms with Crippen LogP contribution in [0.1, 0.15) is 36.1 Å². The third-order valence-electron chi connectivity index (χ3n) is 6.49. The smallest absolute Gasteiger partial charge is 0.242 e. The predicted molar refractivity (Wildman–Crippen MR) is 113 cm³/mol. The number of likely N-dealkylation sites (tertiary alicyclic amines) is 2. The SMILES string of the molecule is O=C(CN1CCCC1=O)N1CCC2(CC1)OCCc1sc(-c3ccccc3)cc12. The molecule has 0 N–H and O–H groups in total. The van der Waals surface area contributed by atoms with Crippen molar-refractivity contribution in [3.63, 3.8) is 0 Å². The summed E-state index contributed by atoms with van der Waals surface area (Å²) in [5.41, 5.74) is 2.32. The quantitative estimate of drug-likeness (QED) is 0.779. The summed E-state index contributed by atoms with van der Waals surface area (Å²) < 4.78 is 6.36. The monoisotopic (exact) mass is 410 g/mol. The van der Waals surface area contributed by atoms with Crippen LogP contribution in [0.25, 0.3) is 10.4 Å². The van der Waals surface area contributed by atoms with Crippen LogP contribution in [0.2, 0.25) is 0 Å². The first-order chi connectivity index (χ1) is 14.1. The number of benzene rings is 1. The molecular formula is C23H26N2O3S. The highest BCUT2D eigenvalue weighted by molar-refractivity contribution is 7.15. The molecule has 2 saturated heterocycles. The number of fused-ring (bicyclic) bond motifs is 2. The molecule has 0 unspecified atom stereocenters. The summed E-state index contributed by atoms with van der Waals surface area (Å²) in [6, 6.07) is 12.8. The van der Waals surface area contributed by atoms with E-state index in [2.05, 4.69) is 30.3 Å². The van der Waals surface area contributed by atoms with Gasteiger partial charge in [0.05, 0.1) is 18.8 Å². The van der Waals surface area contributed by atoms with Gasteiger partial charge in [0.25, 0.3) is 0 Å². The van der Waals surface area contributed by atoms with E-state index in [1.165, 1.54) is 20.9 Å². The third-order valence-corrected chi connectivity index (χ3v) is 7.73. The highest BCUT2D eigenvalue weighted by Crippen LogP contribution is 2.46. The van der Waals surface area contributed by atoms with Crippen LogP contribution >= 0.6 is 11.3 Å². The normalized spacial score (nSPS) is 20.9. The lowest BCUT2D eigenvalue weighted by Gasteiger charge is -2.44. The van der Waals surface area contributed by atoms with Gasteiger partial charge in [-0.3, -0.25) is 9.59 Å². The number of rotatable bonds is 3. The van der Waals surface area contributed by atoms with Crippen LogP contribution in [0.3, 0.4) is 0 Å². The molecule has 5 nitrogen and oxygen atoms in total. The van der Waals surface area contributed by atoms with Crippen LogP contribution in [-0.4, -0.2) is 54.4 Å².